The SMILES string of the molecule is C[C@@H](Nc1ccc(S(=O)(=O)C(F)F)cc1)c1ccc(N2CCOC2=O)cc1. The van der Waals surface area contributed by atoms with Gasteiger partial charge in [-0.15, -0.1) is 0 Å². The van der Waals surface area contributed by atoms with E-state index < -0.39 is 20.5 Å². The smallest absolute Gasteiger partial charge is 0.414 e. The maximum absolute atomic E-state index is 12.6. The molecule has 1 heterocycles. The molecule has 3 rings (SSSR count). The van der Waals surface area contributed by atoms with Crippen molar-refractivity contribution in [1.82, 2.24) is 0 Å². The molecule has 1 aliphatic rings. The van der Waals surface area contributed by atoms with E-state index in [1.165, 1.54) is 12.1 Å². The van der Waals surface area contributed by atoms with Crippen molar-refractivity contribution < 1.29 is 26.7 Å². The van der Waals surface area contributed by atoms with Gasteiger partial charge < -0.3 is 10.1 Å². The molecule has 1 N–H and O–H groups in total. The van der Waals surface area contributed by atoms with Crippen molar-refractivity contribution in [3.05, 3.63) is 54.1 Å². The molecule has 0 spiro atoms. The predicted molar refractivity (Wildman–Crippen MR) is 96.8 cm³/mol. The highest BCUT2D eigenvalue weighted by Gasteiger charge is 2.26. The molecule has 2 aromatic rings. The number of rotatable bonds is 6. The molecule has 0 radical (unpaired) electrons. The molecule has 1 saturated heterocycles. The Morgan fingerprint density at radius 1 is 1.07 bits per heavy atom. The van der Waals surface area contributed by atoms with E-state index in [4.69, 9.17) is 4.74 Å². The number of cyclic esters (lactones) is 1. The number of benzene rings is 2. The second-order valence-electron chi connectivity index (χ2n) is 6.05. The number of anilines is 2. The number of sulfone groups is 1. The summed E-state index contributed by atoms with van der Waals surface area (Å²) in [5.41, 5.74) is 2.29. The van der Waals surface area contributed by atoms with Crippen LogP contribution in [-0.4, -0.2) is 33.4 Å². The van der Waals surface area contributed by atoms with E-state index in [0.29, 0.717) is 18.8 Å². The quantitative estimate of drug-likeness (QED) is 0.804. The lowest BCUT2D eigenvalue weighted by atomic mass is 10.1. The Labute approximate surface area is 155 Å². The molecule has 6 nitrogen and oxygen atoms in total. The average molecular weight is 396 g/mol. The molecule has 144 valence electrons. The monoisotopic (exact) mass is 396 g/mol. The van der Waals surface area contributed by atoms with Crippen molar-refractivity contribution in [3.8, 4) is 0 Å². The van der Waals surface area contributed by atoms with Crippen LogP contribution in [0.4, 0.5) is 25.0 Å². The van der Waals surface area contributed by atoms with Gasteiger partial charge in [0.05, 0.1) is 11.4 Å². The fraction of sp³-hybridized carbons (Fsp3) is 0.278. The van der Waals surface area contributed by atoms with Gasteiger partial charge in [0.2, 0.25) is 9.84 Å². The molecule has 1 fully saturated rings. The molecule has 0 saturated carbocycles. The highest BCUT2D eigenvalue weighted by Crippen LogP contribution is 2.25. The number of halogens is 2. The lowest BCUT2D eigenvalue weighted by Crippen LogP contribution is -2.23. The topological polar surface area (TPSA) is 75.7 Å². The zero-order valence-electron chi connectivity index (χ0n) is 14.4. The minimum atomic E-state index is -4.60. The highest BCUT2D eigenvalue weighted by atomic mass is 32.2. The summed E-state index contributed by atoms with van der Waals surface area (Å²) >= 11 is 0. The van der Waals surface area contributed by atoms with Crippen LogP contribution in [0, 0.1) is 0 Å². The molecular formula is C18H18F2N2O4S. The second kappa shape index (κ2) is 7.51. The Hall–Kier alpha value is -2.68. The molecule has 1 aliphatic heterocycles. The zero-order chi connectivity index (χ0) is 19.6. The van der Waals surface area contributed by atoms with Crippen LogP contribution in [0.2, 0.25) is 0 Å². The van der Waals surface area contributed by atoms with Gasteiger partial charge in [0.1, 0.15) is 6.61 Å². The molecule has 9 heteroatoms. The van der Waals surface area contributed by atoms with Crippen LogP contribution in [-0.2, 0) is 14.6 Å². The summed E-state index contributed by atoms with van der Waals surface area (Å²) in [5, 5.41) is 3.18. The van der Waals surface area contributed by atoms with Crippen molar-refractivity contribution in [1.29, 1.82) is 0 Å². The van der Waals surface area contributed by atoms with Gasteiger partial charge in [-0.3, -0.25) is 4.90 Å². The normalized spacial score (nSPS) is 15.7. The lowest BCUT2D eigenvalue weighted by molar-refractivity contribution is 0.181. The summed E-state index contributed by atoms with van der Waals surface area (Å²) in [6.45, 7) is 2.79. The summed E-state index contributed by atoms with van der Waals surface area (Å²) in [5.74, 6) is -3.44. The largest absolute Gasteiger partial charge is 0.447 e. The number of alkyl halides is 2. The van der Waals surface area contributed by atoms with E-state index in [2.05, 4.69) is 5.32 Å². The number of nitrogens with one attached hydrogen (secondary N) is 1. The van der Waals surface area contributed by atoms with E-state index in [1.807, 2.05) is 31.2 Å². The van der Waals surface area contributed by atoms with Gasteiger partial charge in [-0.05, 0) is 48.9 Å². The Kier molecular flexibility index (Phi) is 5.31. The Morgan fingerprint density at radius 2 is 1.70 bits per heavy atom. The van der Waals surface area contributed by atoms with Gasteiger partial charge in [-0.2, -0.15) is 8.78 Å². The Balaban J connectivity index is 1.68. The standard InChI is InChI=1S/C18H18F2N2O4S/c1-12(13-2-6-15(7-3-13)22-10-11-26-18(22)23)21-14-4-8-16(9-5-14)27(24,25)17(19)20/h2-9,12,17,21H,10-11H2,1H3/t12-/m1/s1. The maximum atomic E-state index is 12.6. The minimum absolute atomic E-state index is 0.123. The Bertz CT molecular complexity index is 915. The van der Waals surface area contributed by atoms with Crippen molar-refractivity contribution in [2.45, 2.75) is 23.6 Å². The van der Waals surface area contributed by atoms with E-state index in [1.54, 1.807) is 4.90 Å². The van der Waals surface area contributed by atoms with Crippen LogP contribution in [0.3, 0.4) is 0 Å². The van der Waals surface area contributed by atoms with Crippen molar-refractivity contribution in [3.63, 3.8) is 0 Å². The highest BCUT2D eigenvalue weighted by molar-refractivity contribution is 7.91. The summed E-state index contributed by atoms with van der Waals surface area (Å²) in [4.78, 5) is 12.7. The zero-order valence-corrected chi connectivity index (χ0v) is 15.2. The maximum Gasteiger partial charge on any atom is 0.414 e. The number of carbonyl (C=O) groups is 1. The second-order valence-corrected chi connectivity index (χ2v) is 7.97. The summed E-state index contributed by atoms with van der Waals surface area (Å²) in [7, 11) is -4.60. The molecule has 0 aromatic heterocycles. The van der Waals surface area contributed by atoms with Crippen LogP contribution < -0.4 is 10.2 Å². The molecule has 27 heavy (non-hydrogen) atoms. The molecular weight excluding hydrogens is 378 g/mol. The first-order chi connectivity index (χ1) is 12.8. The van der Waals surface area contributed by atoms with Crippen molar-refractivity contribution in [2.75, 3.05) is 23.4 Å². The fourth-order valence-corrected chi connectivity index (χ4v) is 3.47. The van der Waals surface area contributed by atoms with Crippen LogP contribution in [0.5, 0.6) is 0 Å². The molecule has 0 aliphatic carbocycles. The number of carbonyl (C=O) groups excluding carboxylic acids is 1. The molecule has 2 aromatic carbocycles. The van der Waals surface area contributed by atoms with Crippen LogP contribution in [0.1, 0.15) is 18.5 Å². The van der Waals surface area contributed by atoms with E-state index in [-0.39, 0.29) is 12.1 Å². The molecule has 1 amide bonds. The molecule has 0 unspecified atom stereocenters. The summed E-state index contributed by atoms with van der Waals surface area (Å²) in [6, 6.07) is 12.4. The van der Waals surface area contributed by atoms with Crippen molar-refractivity contribution >= 4 is 27.3 Å². The number of hydrogen-bond donors (Lipinski definition) is 1. The molecule has 0 bridgehead atoms. The number of hydrogen-bond acceptors (Lipinski definition) is 5. The summed E-state index contributed by atoms with van der Waals surface area (Å²) in [6.07, 6.45) is -0.368. The lowest BCUT2D eigenvalue weighted by Gasteiger charge is -2.18. The fourth-order valence-electron chi connectivity index (χ4n) is 2.75. The predicted octanol–water partition coefficient (Wildman–Crippen LogP) is 3.81. The summed E-state index contributed by atoms with van der Waals surface area (Å²) < 4.78 is 52.9. The van der Waals surface area contributed by atoms with Crippen LogP contribution in [0.15, 0.2) is 53.4 Å². The first kappa shape index (κ1) is 19.1. The Morgan fingerprint density at radius 3 is 2.22 bits per heavy atom. The van der Waals surface area contributed by atoms with Crippen LogP contribution >= 0.6 is 0 Å². The minimum Gasteiger partial charge on any atom is -0.447 e. The van der Waals surface area contributed by atoms with Gasteiger partial charge in [0.15, 0.2) is 0 Å². The number of nitrogens with zero attached hydrogens (tertiary/aromatic N) is 1. The van der Waals surface area contributed by atoms with E-state index >= 15 is 0 Å². The van der Waals surface area contributed by atoms with E-state index in [9.17, 15) is 22.0 Å². The third-order valence-electron chi connectivity index (χ3n) is 4.27. The van der Waals surface area contributed by atoms with Gasteiger partial charge in [0.25, 0.3) is 0 Å². The van der Waals surface area contributed by atoms with Gasteiger partial charge >= 0.3 is 11.9 Å². The van der Waals surface area contributed by atoms with Gasteiger partial charge in [-0.25, -0.2) is 13.2 Å². The van der Waals surface area contributed by atoms with E-state index in [0.717, 1.165) is 23.4 Å². The van der Waals surface area contributed by atoms with Crippen LogP contribution in [0.25, 0.3) is 0 Å². The average Bonchev–Trinajstić information content (AvgIpc) is 3.08. The van der Waals surface area contributed by atoms with Gasteiger partial charge in [-0.1, -0.05) is 12.1 Å². The van der Waals surface area contributed by atoms with Crippen molar-refractivity contribution in [2.24, 2.45) is 0 Å². The molecule has 1 atom stereocenters. The number of amides is 1. The third-order valence-corrected chi connectivity index (χ3v) is 5.66. The third kappa shape index (κ3) is 4.02. The van der Waals surface area contributed by atoms with Gasteiger partial charge in [0, 0.05) is 17.4 Å². The first-order valence-electron chi connectivity index (χ1n) is 8.22. The number of ether oxygens (including phenoxy) is 1. The first-order valence-corrected chi connectivity index (χ1v) is 9.76.